The minimum absolute atomic E-state index is 0.168. The largest absolute Gasteiger partial charge is 0.491 e. The molecule has 2 atom stereocenters. The van der Waals surface area contributed by atoms with Gasteiger partial charge in [-0.15, -0.1) is 0 Å². The molecule has 0 heterocycles. The van der Waals surface area contributed by atoms with Crippen molar-refractivity contribution >= 4 is 17.6 Å². The van der Waals surface area contributed by atoms with Gasteiger partial charge in [0, 0.05) is 5.69 Å². The Morgan fingerprint density at radius 1 is 1.23 bits per heavy atom. The van der Waals surface area contributed by atoms with Crippen LogP contribution in [-0.2, 0) is 9.59 Å². The quantitative estimate of drug-likeness (QED) is 0.746. The van der Waals surface area contributed by atoms with Crippen molar-refractivity contribution in [3.63, 3.8) is 0 Å². The Balaban J connectivity index is 1.88. The number of amides is 1. The summed E-state index contributed by atoms with van der Waals surface area (Å²) in [6, 6.07) is 6.76. The maximum Gasteiger partial charge on any atom is 0.307 e. The molecule has 0 saturated heterocycles. The van der Waals surface area contributed by atoms with Gasteiger partial charge in [-0.2, -0.15) is 0 Å². The molecule has 6 heteroatoms. The van der Waals surface area contributed by atoms with Crippen LogP contribution in [0.2, 0.25) is 0 Å². The van der Waals surface area contributed by atoms with Crippen LogP contribution in [0.1, 0.15) is 26.7 Å². The maximum atomic E-state index is 12.0. The summed E-state index contributed by atoms with van der Waals surface area (Å²) in [7, 11) is 0. The number of carbonyl (C=O) groups excluding carboxylic acids is 1. The van der Waals surface area contributed by atoms with Crippen LogP contribution < -0.4 is 10.1 Å². The lowest BCUT2D eigenvalue weighted by Gasteiger charge is -2.31. The lowest BCUT2D eigenvalue weighted by molar-refractivity contribution is -0.151. The predicted molar refractivity (Wildman–Crippen MR) is 80.7 cm³/mol. The summed E-state index contributed by atoms with van der Waals surface area (Å²) < 4.78 is 5.42. The molecule has 0 aliphatic heterocycles. The van der Waals surface area contributed by atoms with Gasteiger partial charge in [0.2, 0.25) is 5.91 Å². The molecule has 120 valence electrons. The van der Waals surface area contributed by atoms with E-state index in [1.807, 2.05) is 0 Å². The second-order valence-electron chi connectivity index (χ2n) is 6.24. The molecule has 2 rings (SSSR count). The zero-order chi connectivity index (χ0) is 16.3. The van der Waals surface area contributed by atoms with Crippen LogP contribution in [0.25, 0.3) is 0 Å². The average molecular weight is 307 g/mol. The Bertz CT molecular complexity index is 547. The number of aliphatic hydroxyl groups is 1. The molecule has 3 N–H and O–H groups in total. The van der Waals surface area contributed by atoms with Gasteiger partial charge < -0.3 is 20.3 Å². The van der Waals surface area contributed by atoms with Gasteiger partial charge in [-0.25, -0.2) is 0 Å². The van der Waals surface area contributed by atoms with E-state index in [0.717, 1.165) is 0 Å². The standard InChI is InChI=1S/C16H21NO5/c1-16(2,21)9-22-11-5-3-10(4-6-11)17-14(18)12-7-8-13(12)15(19)20/h3-6,12-13,21H,7-9H2,1-2H3,(H,17,18)(H,19,20). The van der Waals surface area contributed by atoms with Crippen LogP contribution >= 0.6 is 0 Å². The Hall–Kier alpha value is -2.08. The number of carboxylic acids is 1. The van der Waals surface area contributed by atoms with Crippen LogP contribution in [0, 0.1) is 11.8 Å². The molecule has 1 aromatic carbocycles. The Morgan fingerprint density at radius 3 is 2.27 bits per heavy atom. The zero-order valence-electron chi connectivity index (χ0n) is 12.7. The molecule has 0 spiro atoms. The molecule has 1 amide bonds. The molecular weight excluding hydrogens is 286 g/mol. The number of carbonyl (C=O) groups is 2. The van der Waals surface area contributed by atoms with Crippen molar-refractivity contribution in [3.8, 4) is 5.75 Å². The van der Waals surface area contributed by atoms with Gasteiger partial charge in [0.25, 0.3) is 0 Å². The highest BCUT2D eigenvalue weighted by Crippen LogP contribution is 2.35. The van der Waals surface area contributed by atoms with Crippen LogP contribution in [0.15, 0.2) is 24.3 Å². The number of benzene rings is 1. The molecular formula is C16H21NO5. The van der Waals surface area contributed by atoms with E-state index in [-0.39, 0.29) is 12.5 Å². The van der Waals surface area contributed by atoms with Gasteiger partial charge in [-0.3, -0.25) is 9.59 Å². The Labute approximate surface area is 129 Å². The zero-order valence-corrected chi connectivity index (χ0v) is 12.7. The number of hydrogen-bond acceptors (Lipinski definition) is 4. The molecule has 1 aliphatic rings. The molecule has 1 aromatic rings. The second kappa shape index (κ2) is 6.36. The fourth-order valence-electron chi connectivity index (χ4n) is 2.24. The van der Waals surface area contributed by atoms with Crippen molar-refractivity contribution in [1.29, 1.82) is 0 Å². The molecule has 22 heavy (non-hydrogen) atoms. The van der Waals surface area contributed by atoms with E-state index in [2.05, 4.69) is 5.32 Å². The summed E-state index contributed by atoms with van der Waals surface area (Å²) in [6.45, 7) is 3.47. The third-order valence-electron chi connectivity index (χ3n) is 3.64. The number of rotatable bonds is 6. The second-order valence-corrected chi connectivity index (χ2v) is 6.24. The minimum atomic E-state index is -0.915. The third kappa shape index (κ3) is 4.21. The van der Waals surface area contributed by atoms with Crippen molar-refractivity contribution in [2.24, 2.45) is 11.8 Å². The number of hydrogen-bond donors (Lipinski definition) is 3. The first-order chi connectivity index (χ1) is 10.3. The molecule has 2 unspecified atom stereocenters. The Kier molecular flexibility index (Phi) is 4.71. The van der Waals surface area contributed by atoms with Gasteiger partial charge in [0.1, 0.15) is 12.4 Å². The van der Waals surface area contributed by atoms with E-state index in [1.54, 1.807) is 38.1 Å². The highest BCUT2D eigenvalue weighted by molar-refractivity contribution is 5.96. The lowest BCUT2D eigenvalue weighted by Crippen LogP contribution is -2.41. The van der Waals surface area contributed by atoms with E-state index < -0.39 is 23.4 Å². The maximum absolute atomic E-state index is 12.0. The first-order valence-corrected chi connectivity index (χ1v) is 7.25. The molecule has 6 nitrogen and oxygen atoms in total. The van der Waals surface area contributed by atoms with Crippen LogP contribution in [0.4, 0.5) is 5.69 Å². The number of ether oxygens (including phenoxy) is 1. The number of nitrogens with one attached hydrogen (secondary N) is 1. The smallest absolute Gasteiger partial charge is 0.307 e. The van der Waals surface area contributed by atoms with Gasteiger partial charge in [0.15, 0.2) is 0 Å². The molecule has 1 fully saturated rings. The SMILES string of the molecule is CC(C)(O)COc1ccc(NC(=O)C2CCC2C(=O)O)cc1. The first kappa shape index (κ1) is 16.3. The van der Waals surface area contributed by atoms with Crippen molar-refractivity contribution < 1.29 is 24.5 Å². The van der Waals surface area contributed by atoms with Crippen LogP contribution in [0.5, 0.6) is 5.75 Å². The fraction of sp³-hybridized carbons (Fsp3) is 0.500. The summed E-state index contributed by atoms with van der Waals surface area (Å²) in [6.07, 6.45) is 1.16. The lowest BCUT2D eigenvalue weighted by atomic mass is 9.73. The summed E-state index contributed by atoms with van der Waals surface area (Å²) in [5, 5.41) is 21.3. The van der Waals surface area contributed by atoms with E-state index in [1.165, 1.54) is 0 Å². The van der Waals surface area contributed by atoms with Crippen molar-refractivity contribution in [2.75, 3.05) is 11.9 Å². The highest BCUT2D eigenvalue weighted by Gasteiger charge is 2.41. The van der Waals surface area contributed by atoms with E-state index in [0.29, 0.717) is 24.3 Å². The average Bonchev–Trinajstić information content (AvgIpc) is 2.34. The summed E-state index contributed by atoms with van der Waals surface area (Å²) in [5.74, 6) is -1.62. The predicted octanol–water partition coefficient (Wildman–Crippen LogP) is 1.89. The summed E-state index contributed by atoms with van der Waals surface area (Å²) in [4.78, 5) is 22.9. The molecule has 0 radical (unpaired) electrons. The van der Waals surface area contributed by atoms with Gasteiger partial charge in [-0.1, -0.05) is 0 Å². The third-order valence-corrected chi connectivity index (χ3v) is 3.64. The number of anilines is 1. The topological polar surface area (TPSA) is 95.9 Å². The fourth-order valence-corrected chi connectivity index (χ4v) is 2.24. The molecule has 0 bridgehead atoms. The van der Waals surface area contributed by atoms with E-state index >= 15 is 0 Å². The van der Waals surface area contributed by atoms with Crippen molar-refractivity contribution in [2.45, 2.75) is 32.3 Å². The molecule has 1 aliphatic carbocycles. The summed E-state index contributed by atoms with van der Waals surface area (Å²) in [5.41, 5.74) is -0.320. The normalized spacial score (nSPS) is 20.9. The van der Waals surface area contributed by atoms with Gasteiger partial charge in [0.05, 0.1) is 17.4 Å². The summed E-state index contributed by atoms with van der Waals surface area (Å²) >= 11 is 0. The van der Waals surface area contributed by atoms with Crippen molar-refractivity contribution in [1.82, 2.24) is 0 Å². The number of aliphatic carboxylic acids is 1. The van der Waals surface area contributed by atoms with Crippen molar-refractivity contribution in [3.05, 3.63) is 24.3 Å². The van der Waals surface area contributed by atoms with Crippen LogP contribution in [-0.4, -0.2) is 34.3 Å². The molecule has 0 aromatic heterocycles. The Morgan fingerprint density at radius 2 is 1.82 bits per heavy atom. The molecule has 1 saturated carbocycles. The minimum Gasteiger partial charge on any atom is -0.491 e. The monoisotopic (exact) mass is 307 g/mol. The number of carboxylic acid groups (broad SMARTS) is 1. The first-order valence-electron chi connectivity index (χ1n) is 7.25. The van der Waals surface area contributed by atoms with Crippen LogP contribution in [0.3, 0.4) is 0 Å². The van der Waals surface area contributed by atoms with E-state index in [4.69, 9.17) is 9.84 Å². The van der Waals surface area contributed by atoms with E-state index in [9.17, 15) is 14.7 Å². The van der Waals surface area contributed by atoms with Gasteiger partial charge in [-0.05, 0) is 51.0 Å². The highest BCUT2D eigenvalue weighted by atomic mass is 16.5. The van der Waals surface area contributed by atoms with Gasteiger partial charge >= 0.3 is 5.97 Å².